The number of para-hydroxylation sites is 1. The van der Waals surface area contributed by atoms with Gasteiger partial charge in [-0.15, -0.1) is 5.10 Å². The maximum atomic E-state index is 8.77. The number of hydrogen-bond donors (Lipinski definition) is 2. The maximum Gasteiger partial charge on any atom is 0.192 e. The number of nitrogens with two attached hydrogens (primary N) is 1. The van der Waals surface area contributed by atoms with E-state index in [1.807, 2.05) is 24.3 Å². The molecule has 0 atom stereocenters. The fourth-order valence-corrected chi connectivity index (χ4v) is 1.74. The predicted octanol–water partition coefficient (Wildman–Crippen LogP) is 0.305. The molecule has 3 rings (SSSR count). The maximum absolute atomic E-state index is 8.77. The van der Waals surface area contributed by atoms with Gasteiger partial charge < -0.3 is 10.9 Å². The van der Waals surface area contributed by atoms with E-state index in [9.17, 15) is 0 Å². The van der Waals surface area contributed by atoms with Gasteiger partial charge in [0.1, 0.15) is 5.52 Å². The predicted molar refractivity (Wildman–Crippen MR) is 67.0 cm³/mol. The van der Waals surface area contributed by atoms with Crippen LogP contribution in [0.3, 0.4) is 0 Å². The second-order valence-corrected chi connectivity index (χ2v) is 3.70. The molecule has 3 N–H and O–H groups in total. The molecule has 0 aliphatic carbocycles. The molecule has 0 saturated heterocycles. The number of benzene rings is 1. The molecule has 2 aromatic heterocycles. The van der Waals surface area contributed by atoms with Crippen LogP contribution in [-0.2, 0) is 0 Å². The number of hydrogen-bond acceptors (Lipinski definition) is 6. The van der Waals surface area contributed by atoms with Crippen LogP contribution in [0.5, 0.6) is 0 Å². The monoisotopic (exact) mass is 255 g/mol. The smallest absolute Gasteiger partial charge is 0.192 e. The minimum Gasteiger partial charge on any atom is -0.409 e. The number of rotatable bonds is 2. The van der Waals surface area contributed by atoms with Crippen molar-refractivity contribution in [2.45, 2.75) is 0 Å². The molecule has 0 spiro atoms. The summed E-state index contributed by atoms with van der Waals surface area (Å²) in [5.74, 6) is 0.217. The highest BCUT2D eigenvalue weighted by molar-refractivity contribution is 5.98. The van der Waals surface area contributed by atoms with E-state index in [1.165, 1.54) is 17.1 Å². The number of aromatic nitrogens is 5. The van der Waals surface area contributed by atoms with Crippen LogP contribution in [0.2, 0.25) is 0 Å². The summed E-state index contributed by atoms with van der Waals surface area (Å²) in [6.07, 6.45) is 2.95. The van der Waals surface area contributed by atoms with E-state index in [1.54, 1.807) is 0 Å². The zero-order chi connectivity index (χ0) is 13.2. The van der Waals surface area contributed by atoms with Crippen molar-refractivity contribution in [3.63, 3.8) is 0 Å². The van der Waals surface area contributed by atoms with Crippen LogP contribution in [0, 0.1) is 0 Å². The highest BCUT2D eigenvalue weighted by atomic mass is 16.4. The van der Waals surface area contributed by atoms with E-state index in [4.69, 9.17) is 10.9 Å². The molecule has 0 unspecified atom stereocenters. The first-order valence-corrected chi connectivity index (χ1v) is 5.41. The van der Waals surface area contributed by atoms with Crippen molar-refractivity contribution >= 4 is 16.9 Å². The summed E-state index contributed by atoms with van der Waals surface area (Å²) >= 11 is 0. The minimum absolute atomic E-state index is 0.136. The van der Waals surface area contributed by atoms with Gasteiger partial charge in [-0.2, -0.15) is 4.68 Å². The van der Waals surface area contributed by atoms with Crippen LogP contribution in [0.4, 0.5) is 0 Å². The number of nitrogens with zero attached hydrogens (tertiary/aromatic N) is 6. The molecule has 0 aliphatic heterocycles. The molecule has 0 bridgehead atoms. The molecule has 0 radical (unpaired) electrons. The lowest BCUT2D eigenvalue weighted by Crippen LogP contribution is -2.19. The Bertz CT molecular complexity index is 764. The van der Waals surface area contributed by atoms with E-state index in [2.05, 4.69) is 25.4 Å². The first-order chi connectivity index (χ1) is 9.31. The topological polar surface area (TPSA) is 115 Å². The summed E-state index contributed by atoms with van der Waals surface area (Å²) in [4.78, 5) is 8.21. The Balaban J connectivity index is 2.28. The average molecular weight is 255 g/mol. The average Bonchev–Trinajstić information content (AvgIpc) is 2.90. The van der Waals surface area contributed by atoms with Crippen molar-refractivity contribution in [2.75, 3.05) is 0 Å². The van der Waals surface area contributed by atoms with Crippen molar-refractivity contribution in [3.05, 3.63) is 42.4 Å². The van der Waals surface area contributed by atoms with Gasteiger partial charge in [-0.25, -0.2) is 9.97 Å². The van der Waals surface area contributed by atoms with Crippen LogP contribution >= 0.6 is 0 Å². The molecule has 3 aromatic rings. The van der Waals surface area contributed by atoms with Crippen molar-refractivity contribution < 1.29 is 5.21 Å². The Morgan fingerprint density at radius 3 is 2.84 bits per heavy atom. The number of fused-ring (bicyclic) bond motifs is 1. The quantitative estimate of drug-likeness (QED) is 0.294. The molecule has 0 amide bonds. The summed E-state index contributed by atoms with van der Waals surface area (Å²) in [5, 5.41) is 19.8. The van der Waals surface area contributed by atoms with Gasteiger partial charge in [-0.1, -0.05) is 22.5 Å². The molecule has 0 aliphatic rings. The van der Waals surface area contributed by atoms with Crippen LogP contribution in [0.1, 0.15) is 5.69 Å². The van der Waals surface area contributed by atoms with Gasteiger partial charge in [-0.05, 0) is 12.1 Å². The number of oxime groups is 1. The molecule has 0 saturated carbocycles. The third-order valence-corrected chi connectivity index (χ3v) is 2.58. The van der Waals surface area contributed by atoms with Crippen molar-refractivity contribution in [1.82, 2.24) is 25.0 Å². The summed E-state index contributed by atoms with van der Waals surface area (Å²) in [6, 6.07) is 7.41. The zero-order valence-electron chi connectivity index (χ0n) is 9.67. The fraction of sp³-hybridized carbons (Fsp3) is 0. The van der Waals surface area contributed by atoms with Crippen LogP contribution < -0.4 is 5.73 Å². The lowest BCUT2D eigenvalue weighted by atomic mass is 10.3. The van der Waals surface area contributed by atoms with Gasteiger partial charge in [0.15, 0.2) is 17.3 Å². The Morgan fingerprint density at radius 2 is 2.00 bits per heavy atom. The first-order valence-electron chi connectivity index (χ1n) is 5.41. The van der Waals surface area contributed by atoms with E-state index in [-0.39, 0.29) is 11.5 Å². The third kappa shape index (κ3) is 1.75. The second-order valence-electron chi connectivity index (χ2n) is 3.70. The summed E-state index contributed by atoms with van der Waals surface area (Å²) in [6.45, 7) is 0. The highest BCUT2D eigenvalue weighted by Gasteiger charge is 2.15. The highest BCUT2D eigenvalue weighted by Crippen LogP contribution is 2.15. The van der Waals surface area contributed by atoms with Crippen molar-refractivity contribution in [2.24, 2.45) is 10.9 Å². The molecule has 8 heteroatoms. The van der Waals surface area contributed by atoms with E-state index in [0.717, 1.165) is 11.0 Å². The SMILES string of the molecule is NC(=NO)c1nccnc1-n1nnc2ccccc21. The van der Waals surface area contributed by atoms with Gasteiger partial charge in [-0.3, -0.25) is 0 Å². The largest absolute Gasteiger partial charge is 0.409 e. The second kappa shape index (κ2) is 4.33. The standard InChI is InChI=1S/C11H9N7O/c12-10(16-19)9-11(14-6-5-13-9)18-8-4-2-1-3-7(8)15-17-18/h1-6,19H,(H2,12,16). The van der Waals surface area contributed by atoms with Gasteiger partial charge in [0.05, 0.1) is 5.52 Å². The van der Waals surface area contributed by atoms with Crippen LogP contribution in [-0.4, -0.2) is 36.0 Å². The fourth-order valence-electron chi connectivity index (χ4n) is 1.74. The molecule has 1 aromatic carbocycles. The van der Waals surface area contributed by atoms with Gasteiger partial charge in [0, 0.05) is 12.4 Å². The van der Waals surface area contributed by atoms with Crippen LogP contribution in [0.15, 0.2) is 41.8 Å². The molecule has 94 valence electrons. The Labute approximate surface area is 107 Å². The van der Waals surface area contributed by atoms with Gasteiger partial charge in [0.25, 0.3) is 0 Å². The molecular weight excluding hydrogens is 246 g/mol. The molecule has 8 nitrogen and oxygen atoms in total. The molecular formula is C11H9N7O. The summed E-state index contributed by atoms with van der Waals surface area (Å²) in [7, 11) is 0. The van der Waals surface area contributed by atoms with E-state index in [0.29, 0.717) is 5.82 Å². The van der Waals surface area contributed by atoms with Gasteiger partial charge in [0.2, 0.25) is 0 Å². The Kier molecular flexibility index (Phi) is 2.53. The van der Waals surface area contributed by atoms with Crippen molar-refractivity contribution in [3.8, 4) is 5.82 Å². The van der Waals surface area contributed by atoms with Crippen molar-refractivity contribution in [1.29, 1.82) is 0 Å². The minimum atomic E-state index is -0.136. The summed E-state index contributed by atoms with van der Waals surface area (Å²) in [5.41, 5.74) is 7.30. The molecule has 0 fully saturated rings. The Hall–Kier alpha value is -3.03. The van der Waals surface area contributed by atoms with E-state index < -0.39 is 0 Å². The first kappa shape index (κ1) is 11.1. The molecule has 19 heavy (non-hydrogen) atoms. The van der Waals surface area contributed by atoms with Crippen LogP contribution in [0.25, 0.3) is 16.9 Å². The summed E-state index contributed by atoms with van der Waals surface area (Å²) < 4.78 is 1.50. The van der Waals surface area contributed by atoms with E-state index >= 15 is 0 Å². The lowest BCUT2D eigenvalue weighted by molar-refractivity contribution is 0.318. The normalized spacial score (nSPS) is 11.9. The number of amidine groups is 1. The lowest BCUT2D eigenvalue weighted by Gasteiger charge is -2.05. The third-order valence-electron chi connectivity index (χ3n) is 2.58. The molecule has 2 heterocycles. The Morgan fingerprint density at radius 1 is 1.21 bits per heavy atom. The van der Waals surface area contributed by atoms with Gasteiger partial charge >= 0.3 is 0 Å². The zero-order valence-corrected chi connectivity index (χ0v) is 9.67.